The van der Waals surface area contributed by atoms with Gasteiger partial charge in [-0.2, -0.15) is 5.10 Å². The van der Waals surface area contributed by atoms with Crippen LogP contribution in [0, 0.1) is 13.8 Å². The third-order valence-electron chi connectivity index (χ3n) is 3.47. The molecule has 2 rings (SSSR count). The number of aryl methyl sites for hydroxylation is 3. The van der Waals surface area contributed by atoms with Crippen LogP contribution in [0.5, 0.6) is 0 Å². The van der Waals surface area contributed by atoms with Crippen LogP contribution in [-0.4, -0.2) is 16.8 Å². The highest BCUT2D eigenvalue weighted by molar-refractivity contribution is 9.10. The van der Waals surface area contributed by atoms with Gasteiger partial charge >= 0.3 is 0 Å². The second-order valence-electron chi connectivity index (χ2n) is 4.64. The van der Waals surface area contributed by atoms with E-state index in [1.54, 1.807) is 6.26 Å². The summed E-state index contributed by atoms with van der Waals surface area (Å²) in [6.45, 7) is 7.01. The van der Waals surface area contributed by atoms with Crippen molar-refractivity contribution in [2.75, 3.05) is 7.05 Å². The summed E-state index contributed by atoms with van der Waals surface area (Å²) in [5.74, 6) is 0.967. The highest BCUT2D eigenvalue weighted by atomic mass is 79.9. The molecule has 4 nitrogen and oxygen atoms in total. The molecule has 1 atom stereocenters. The van der Waals surface area contributed by atoms with Gasteiger partial charge in [0.25, 0.3) is 0 Å². The molecule has 0 fully saturated rings. The lowest BCUT2D eigenvalue weighted by atomic mass is 10.0. The van der Waals surface area contributed by atoms with Crippen LogP contribution < -0.4 is 5.32 Å². The first-order valence-corrected chi connectivity index (χ1v) is 7.30. The molecule has 0 aromatic carbocycles. The minimum Gasteiger partial charge on any atom is -0.469 e. The van der Waals surface area contributed by atoms with Crippen molar-refractivity contribution in [1.82, 2.24) is 15.1 Å². The van der Waals surface area contributed by atoms with Crippen molar-refractivity contribution in [2.45, 2.75) is 39.8 Å². The van der Waals surface area contributed by atoms with E-state index >= 15 is 0 Å². The number of likely N-dealkylation sites (N-methyl/N-ethyl adjacent to an activating group) is 1. The second-order valence-corrected chi connectivity index (χ2v) is 5.43. The van der Waals surface area contributed by atoms with E-state index in [2.05, 4.69) is 38.0 Å². The summed E-state index contributed by atoms with van der Waals surface area (Å²) in [5.41, 5.74) is 3.46. The minimum atomic E-state index is 0.233. The normalized spacial score (nSPS) is 12.9. The van der Waals surface area contributed by atoms with Crippen molar-refractivity contribution in [3.05, 3.63) is 39.5 Å². The highest BCUT2D eigenvalue weighted by Crippen LogP contribution is 2.28. The van der Waals surface area contributed by atoms with Crippen LogP contribution in [0.25, 0.3) is 0 Å². The Balaban J connectivity index is 2.31. The summed E-state index contributed by atoms with van der Waals surface area (Å²) < 4.78 is 8.56. The van der Waals surface area contributed by atoms with E-state index in [0.29, 0.717) is 0 Å². The van der Waals surface area contributed by atoms with Gasteiger partial charge in [-0.15, -0.1) is 0 Å². The zero-order chi connectivity index (χ0) is 14.0. The van der Waals surface area contributed by atoms with Gasteiger partial charge in [0, 0.05) is 24.6 Å². The van der Waals surface area contributed by atoms with Gasteiger partial charge in [0.2, 0.25) is 0 Å². The van der Waals surface area contributed by atoms with Gasteiger partial charge in [0.05, 0.1) is 22.1 Å². The van der Waals surface area contributed by atoms with Gasteiger partial charge in [-0.05, 0) is 49.8 Å². The van der Waals surface area contributed by atoms with Gasteiger partial charge in [-0.1, -0.05) is 0 Å². The summed E-state index contributed by atoms with van der Waals surface area (Å²) in [4.78, 5) is 0. The van der Waals surface area contributed by atoms with E-state index in [1.165, 1.54) is 11.3 Å². The standard InChI is InChI=1S/C14H20BrN3O/c1-5-18-13(14(15)9(2)17-18)8-12(16-4)11-6-7-19-10(11)3/h6-7,12,16H,5,8H2,1-4H3. The summed E-state index contributed by atoms with van der Waals surface area (Å²) in [5, 5.41) is 7.90. The molecule has 19 heavy (non-hydrogen) atoms. The highest BCUT2D eigenvalue weighted by Gasteiger charge is 2.20. The first-order valence-electron chi connectivity index (χ1n) is 6.51. The minimum absolute atomic E-state index is 0.233. The van der Waals surface area contributed by atoms with Gasteiger partial charge in [-0.25, -0.2) is 0 Å². The summed E-state index contributed by atoms with van der Waals surface area (Å²) in [7, 11) is 1.98. The van der Waals surface area contributed by atoms with Crippen LogP contribution in [0.15, 0.2) is 21.2 Å². The number of nitrogens with zero attached hydrogens (tertiary/aromatic N) is 2. The van der Waals surface area contributed by atoms with Crippen molar-refractivity contribution < 1.29 is 4.42 Å². The van der Waals surface area contributed by atoms with E-state index < -0.39 is 0 Å². The first kappa shape index (κ1) is 14.3. The number of hydrogen-bond donors (Lipinski definition) is 1. The number of hydrogen-bond acceptors (Lipinski definition) is 3. The number of nitrogens with one attached hydrogen (secondary N) is 1. The van der Waals surface area contributed by atoms with Crippen LogP contribution in [0.3, 0.4) is 0 Å². The number of rotatable bonds is 5. The molecule has 0 amide bonds. The Morgan fingerprint density at radius 2 is 2.21 bits per heavy atom. The molecule has 0 bridgehead atoms. The number of halogens is 1. The molecule has 0 aliphatic carbocycles. The Labute approximate surface area is 122 Å². The lowest BCUT2D eigenvalue weighted by Crippen LogP contribution is -2.21. The fraction of sp³-hybridized carbons (Fsp3) is 0.500. The summed E-state index contributed by atoms with van der Waals surface area (Å²) >= 11 is 3.65. The second kappa shape index (κ2) is 5.92. The average Bonchev–Trinajstić information content (AvgIpc) is 2.93. The summed E-state index contributed by atoms with van der Waals surface area (Å²) in [6, 6.07) is 2.26. The van der Waals surface area contributed by atoms with E-state index in [0.717, 1.165) is 28.9 Å². The maximum absolute atomic E-state index is 5.40. The predicted octanol–water partition coefficient (Wildman–Crippen LogP) is 3.38. The number of furan rings is 1. The topological polar surface area (TPSA) is 43.0 Å². The van der Waals surface area contributed by atoms with Crippen LogP contribution in [-0.2, 0) is 13.0 Å². The molecular weight excluding hydrogens is 306 g/mol. The van der Waals surface area contributed by atoms with Gasteiger partial charge in [-0.3, -0.25) is 4.68 Å². The number of aromatic nitrogens is 2. The van der Waals surface area contributed by atoms with E-state index in [1.807, 2.05) is 27.0 Å². The molecular formula is C14H20BrN3O. The maximum atomic E-state index is 5.40. The van der Waals surface area contributed by atoms with Crippen LogP contribution in [0.1, 0.15) is 35.7 Å². The third-order valence-corrected chi connectivity index (χ3v) is 4.50. The predicted molar refractivity (Wildman–Crippen MR) is 79.3 cm³/mol. The molecule has 2 aromatic heterocycles. The summed E-state index contributed by atoms with van der Waals surface area (Å²) in [6.07, 6.45) is 2.62. The molecule has 0 spiro atoms. The Morgan fingerprint density at radius 1 is 1.47 bits per heavy atom. The molecule has 5 heteroatoms. The smallest absolute Gasteiger partial charge is 0.105 e. The Bertz CT molecular complexity index is 559. The largest absolute Gasteiger partial charge is 0.469 e. The van der Waals surface area contributed by atoms with Crippen LogP contribution in [0.2, 0.25) is 0 Å². The van der Waals surface area contributed by atoms with Gasteiger partial charge in [0.15, 0.2) is 0 Å². The monoisotopic (exact) mass is 325 g/mol. The lowest BCUT2D eigenvalue weighted by Gasteiger charge is -2.16. The molecule has 104 valence electrons. The van der Waals surface area contributed by atoms with E-state index in [4.69, 9.17) is 4.42 Å². The zero-order valence-electron chi connectivity index (χ0n) is 11.8. The van der Waals surface area contributed by atoms with Gasteiger partial charge in [0.1, 0.15) is 5.76 Å². The SMILES string of the molecule is CCn1nc(C)c(Br)c1CC(NC)c1ccoc1C. The maximum Gasteiger partial charge on any atom is 0.105 e. The van der Waals surface area contributed by atoms with Gasteiger partial charge < -0.3 is 9.73 Å². The van der Waals surface area contributed by atoms with Crippen LogP contribution >= 0.6 is 15.9 Å². The molecule has 0 radical (unpaired) electrons. The molecule has 0 saturated carbocycles. The zero-order valence-corrected chi connectivity index (χ0v) is 13.4. The van der Waals surface area contributed by atoms with Crippen LogP contribution in [0.4, 0.5) is 0 Å². The molecule has 0 aliphatic rings. The molecule has 0 aliphatic heterocycles. The van der Waals surface area contributed by atoms with Crippen molar-refractivity contribution in [3.63, 3.8) is 0 Å². The Kier molecular flexibility index (Phi) is 4.47. The Morgan fingerprint density at radius 3 is 2.74 bits per heavy atom. The van der Waals surface area contributed by atoms with Crippen molar-refractivity contribution in [1.29, 1.82) is 0 Å². The molecule has 2 heterocycles. The van der Waals surface area contributed by atoms with Crippen molar-refractivity contribution in [3.8, 4) is 0 Å². The third kappa shape index (κ3) is 2.77. The molecule has 1 N–H and O–H groups in total. The van der Waals surface area contributed by atoms with E-state index in [9.17, 15) is 0 Å². The molecule has 0 saturated heterocycles. The first-order chi connectivity index (χ1) is 9.08. The lowest BCUT2D eigenvalue weighted by molar-refractivity contribution is 0.502. The van der Waals surface area contributed by atoms with E-state index in [-0.39, 0.29) is 6.04 Å². The molecule has 1 unspecified atom stereocenters. The van der Waals surface area contributed by atoms with Crippen molar-refractivity contribution in [2.24, 2.45) is 0 Å². The van der Waals surface area contributed by atoms with Crippen molar-refractivity contribution >= 4 is 15.9 Å². The fourth-order valence-corrected chi connectivity index (χ4v) is 2.83. The average molecular weight is 326 g/mol. The fourth-order valence-electron chi connectivity index (χ4n) is 2.38. The quantitative estimate of drug-likeness (QED) is 0.916. The molecule has 2 aromatic rings. The Hall–Kier alpha value is -1.07.